The van der Waals surface area contributed by atoms with Gasteiger partial charge in [0.1, 0.15) is 10.7 Å². The lowest BCUT2D eigenvalue weighted by molar-refractivity contribution is 0.355. The molecule has 0 unspecified atom stereocenters. The predicted octanol–water partition coefficient (Wildman–Crippen LogP) is 3.78. The van der Waals surface area contributed by atoms with Crippen molar-refractivity contribution in [2.45, 2.75) is 32.1 Å². The Bertz CT molecular complexity index is 812. The molecule has 6 heteroatoms. The molecule has 26 heavy (non-hydrogen) atoms. The molecular formula is C20H27N3O2S. The van der Waals surface area contributed by atoms with Crippen molar-refractivity contribution >= 4 is 21.5 Å². The number of aromatic nitrogens is 1. The third-order valence-corrected chi connectivity index (χ3v) is 6.72. The van der Waals surface area contributed by atoms with Crippen LogP contribution in [0.1, 0.15) is 27.2 Å². The summed E-state index contributed by atoms with van der Waals surface area (Å²) in [5, 5.41) is 0. The van der Waals surface area contributed by atoms with Crippen molar-refractivity contribution in [1.82, 2.24) is 4.98 Å². The zero-order chi connectivity index (χ0) is 18.7. The quantitative estimate of drug-likeness (QED) is 0.800. The maximum Gasteiger partial charge on any atom is 0.265 e. The van der Waals surface area contributed by atoms with Crippen molar-refractivity contribution in [3.05, 3.63) is 48.7 Å². The van der Waals surface area contributed by atoms with Gasteiger partial charge in [0, 0.05) is 25.8 Å². The van der Waals surface area contributed by atoms with Crippen LogP contribution in [0.5, 0.6) is 0 Å². The van der Waals surface area contributed by atoms with Crippen LogP contribution in [0.15, 0.2) is 53.6 Å². The number of rotatable bonds is 5. The summed E-state index contributed by atoms with van der Waals surface area (Å²) in [7, 11) is -3.62. The van der Waals surface area contributed by atoms with Crippen LogP contribution in [0, 0.1) is 11.8 Å². The molecule has 0 spiro atoms. The molecule has 5 nitrogen and oxygen atoms in total. The van der Waals surface area contributed by atoms with E-state index in [2.05, 4.69) is 23.7 Å². The highest BCUT2D eigenvalue weighted by atomic mass is 32.2. The number of sulfonamides is 1. The maximum atomic E-state index is 13.0. The molecule has 140 valence electrons. The summed E-state index contributed by atoms with van der Waals surface area (Å²) >= 11 is 0. The lowest BCUT2D eigenvalue weighted by Gasteiger charge is -2.35. The van der Waals surface area contributed by atoms with Crippen molar-refractivity contribution in [2.24, 2.45) is 11.8 Å². The molecule has 2 heterocycles. The number of hydrogen-bond donors (Lipinski definition) is 0. The SMILES string of the molecule is CCN(c1ccccc1)S(=O)(=O)c1ccc(N2C[C@H](C)C[C@H](C)C2)nc1. The van der Waals surface area contributed by atoms with E-state index < -0.39 is 10.0 Å². The van der Waals surface area contributed by atoms with Crippen LogP contribution in [0.2, 0.25) is 0 Å². The van der Waals surface area contributed by atoms with Gasteiger partial charge in [-0.25, -0.2) is 13.4 Å². The van der Waals surface area contributed by atoms with E-state index in [1.54, 1.807) is 18.2 Å². The Balaban J connectivity index is 1.85. The van der Waals surface area contributed by atoms with Crippen molar-refractivity contribution in [2.75, 3.05) is 28.8 Å². The molecule has 2 aromatic rings. The molecule has 1 aliphatic heterocycles. The summed E-state index contributed by atoms with van der Waals surface area (Å²) < 4.78 is 27.5. The minimum atomic E-state index is -3.62. The fraction of sp³-hybridized carbons (Fsp3) is 0.450. The number of nitrogens with zero attached hydrogens (tertiary/aromatic N) is 3. The molecule has 1 saturated heterocycles. The van der Waals surface area contributed by atoms with E-state index >= 15 is 0 Å². The first-order valence-corrected chi connectivity index (χ1v) is 10.6. The minimum absolute atomic E-state index is 0.227. The monoisotopic (exact) mass is 373 g/mol. The van der Waals surface area contributed by atoms with Gasteiger partial charge in [-0.2, -0.15) is 0 Å². The standard InChI is InChI=1S/C20H27N3O2S/c1-4-23(18-8-6-5-7-9-18)26(24,25)19-10-11-20(21-13-19)22-14-16(2)12-17(3)15-22/h5-11,13,16-17H,4,12,14-15H2,1-3H3/t16-,17+. The van der Waals surface area contributed by atoms with Crippen LogP contribution in [-0.2, 0) is 10.0 Å². The van der Waals surface area contributed by atoms with E-state index in [9.17, 15) is 8.42 Å². The second-order valence-electron chi connectivity index (χ2n) is 7.21. The summed E-state index contributed by atoms with van der Waals surface area (Å²) in [6.45, 7) is 8.64. The van der Waals surface area contributed by atoms with Crippen molar-refractivity contribution in [3.63, 3.8) is 0 Å². The van der Waals surface area contributed by atoms with Gasteiger partial charge in [0.2, 0.25) is 0 Å². The molecule has 0 saturated carbocycles. The summed E-state index contributed by atoms with van der Waals surface area (Å²) in [6, 6.07) is 12.7. The third kappa shape index (κ3) is 3.85. The van der Waals surface area contributed by atoms with Crippen LogP contribution in [-0.4, -0.2) is 33.0 Å². The number of piperidine rings is 1. The van der Waals surface area contributed by atoms with E-state index in [1.807, 2.05) is 31.2 Å². The maximum absolute atomic E-state index is 13.0. The van der Waals surface area contributed by atoms with E-state index in [0.29, 0.717) is 24.1 Å². The molecule has 0 aliphatic carbocycles. The lowest BCUT2D eigenvalue weighted by atomic mass is 9.92. The molecule has 0 N–H and O–H groups in total. The Kier molecular flexibility index (Phi) is 5.51. The number of hydrogen-bond acceptors (Lipinski definition) is 4. The molecule has 1 aromatic heterocycles. The number of anilines is 2. The van der Waals surface area contributed by atoms with E-state index in [1.165, 1.54) is 16.9 Å². The van der Waals surface area contributed by atoms with Crippen molar-refractivity contribution in [1.29, 1.82) is 0 Å². The Morgan fingerprint density at radius 2 is 1.73 bits per heavy atom. The molecule has 2 atom stereocenters. The van der Waals surface area contributed by atoms with Gasteiger partial charge in [-0.15, -0.1) is 0 Å². The van der Waals surface area contributed by atoms with Gasteiger partial charge in [0.15, 0.2) is 0 Å². The number of para-hydroxylation sites is 1. The highest BCUT2D eigenvalue weighted by Crippen LogP contribution is 2.27. The Morgan fingerprint density at radius 3 is 2.27 bits per heavy atom. The molecule has 1 aliphatic rings. The fourth-order valence-electron chi connectivity index (χ4n) is 3.77. The third-order valence-electron chi connectivity index (χ3n) is 4.83. The summed E-state index contributed by atoms with van der Waals surface area (Å²) in [5.41, 5.74) is 0.665. The van der Waals surface area contributed by atoms with E-state index in [0.717, 1.165) is 18.9 Å². The Hall–Kier alpha value is -2.08. The second-order valence-corrected chi connectivity index (χ2v) is 9.07. The molecular weight excluding hydrogens is 346 g/mol. The lowest BCUT2D eigenvalue weighted by Crippen LogP contribution is -2.39. The van der Waals surface area contributed by atoms with Crippen LogP contribution in [0.3, 0.4) is 0 Å². The highest BCUT2D eigenvalue weighted by molar-refractivity contribution is 7.92. The largest absolute Gasteiger partial charge is 0.356 e. The second kappa shape index (κ2) is 7.66. The first kappa shape index (κ1) is 18.7. The van der Waals surface area contributed by atoms with Crippen LogP contribution in [0.25, 0.3) is 0 Å². The minimum Gasteiger partial charge on any atom is -0.356 e. The van der Waals surface area contributed by atoms with Crippen molar-refractivity contribution in [3.8, 4) is 0 Å². The van der Waals surface area contributed by atoms with Crippen molar-refractivity contribution < 1.29 is 8.42 Å². The Morgan fingerprint density at radius 1 is 1.08 bits per heavy atom. The number of benzene rings is 1. The van der Waals surface area contributed by atoms with Gasteiger partial charge in [0.05, 0.1) is 5.69 Å². The summed E-state index contributed by atoms with van der Waals surface area (Å²) in [4.78, 5) is 6.95. The van der Waals surface area contributed by atoms with E-state index in [-0.39, 0.29) is 4.90 Å². The molecule has 0 bridgehead atoms. The van der Waals surface area contributed by atoms with Gasteiger partial charge in [0.25, 0.3) is 10.0 Å². The summed E-state index contributed by atoms with van der Waals surface area (Å²) in [5.74, 6) is 2.10. The normalized spacial score (nSPS) is 20.8. The van der Waals surface area contributed by atoms with Crippen LogP contribution < -0.4 is 9.21 Å². The smallest absolute Gasteiger partial charge is 0.265 e. The average Bonchev–Trinajstić information content (AvgIpc) is 2.62. The topological polar surface area (TPSA) is 53.5 Å². The van der Waals surface area contributed by atoms with Gasteiger partial charge in [-0.1, -0.05) is 32.0 Å². The average molecular weight is 374 g/mol. The van der Waals surface area contributed by atoms with E-state index in [4.69, 9.17) is 0 Å². The zero-order valence-corrected chi connectivity index (χ0v) is 16.5. The number of pyridine rings is 1. The van der Waals surface area contributed by atoms with Gasteiger partial charge in [-0.3, -0.25) is 4.31 Å². The molecule has 1 aromatic carbocycles. The van der Waals surface area contributed by atoms with Gasteiger partial charge >= 0.3 is 0 Å². The molecule has 1 fully saturated rings. The van der Waals surface area contributed by atoms with Crippen LogP contribution in [0.4, 0.5) is 11.5 Å². The van der Waals surface area contributed by atoms with Gasteiger partial charge < -0.3 is 4.90 Å². The Labute approximate surface area is 156 Å². The first-order chi connectivity index (χ1) is 12.4. The summed E-state index contributed by atoms with van der Waals surface area (Å²) in [6.07, 6.45) is 2.71. The molecule has 0 radical (unpaired) electrons. The first-order valence-electron chi connectivity index (χ1n) is 9.20. The highest BCUT2D eigenvalue weighted by Gasteiger charge is 2.26. The molecule has 0 amide bonds. The molecule has 3 rings (SSSR count). The zero-order valence-electron chi connectivity index (χ0n) is 15.7. The predicted molar refractivity (Wildman–Crippen MR) is 106 cm³/mol. The van der Waals surface area contributed by atoms with Crippen LogP contribution >= 0.6 is 0 Å². The van der Waals surface area contributed by atoms with Gasteiger partial charge in [-0.05, 0) is 49.4 Å². The fourth-order valence-corrected chi connectivity index (χ4v) is 5.19.